The third-order valence-electron chi connectivity index (χ3n) is 3.86. The summed E-state index contributed by atoms with van der Waals surface area (Å²) in [6.45, 7) is 2.77. The molecule has 0 spiro atoms. The topological polar surface area (TPSA) is 63.7 Å². The van der Waals surface area contributed by atoms with Gasteiger partial charge in [-0.05, 0) is 19.1 Å². The van der Waals surface area contributed by atoms with Crippen molar-refractivity contribution in [3.63, 3.8) is 0 Å². The maximum absolute atomic E-state index is 12.6. The lowest BCUT2D eigenvalue weighted by molar-refractivity contribution is -0.0361. The minimum Gasteiger partial charge on any atom is -0.373 e. The maximum Gasteiger partial charge on any atom is 0.254 e. The smallest absolute Gasteiger partial charge is 0.254 e. The van der Waals surface area contributed by atoms with Crippen LogP contribution in [0.4, 0.5) is 0 Å². The lowest BCUT2D eigenvalue weighted by Crippen LogP contribution is -2.53. The summed E-state index contributed by atoms with van der Waals surface area (Å²) in [5.74, 6) is -0.0751. The van der Waals surface area contributed by atoms with Crippen molar-refractivity contribution in [1.82, 2.24) is 4.90 Å². The van der Waals surface area contributed by atoms with Crippen molar-refractivity contribution in [3.05, 3.63) is 35.4 Å². The first kappa shape index (κ1) is 13.6. The van der Waals surface area contributed by atoms with Crippen molar-refractivity contribution in [2.75, 3.05) is 24.7 Å². The SMILES string of the molecule is Cc1cccc(C(=O)N2CCOC3CS(=O)(=O)CC32)c1. The van der Waals surface area contributed by atoms with Crippen LogP contribution >= 0.6 is 0 Å². The quantitative estimate of drug-likeness (QED) is 0.762. The predicted molar refractivity (Wildman–Crippen MR) is 74.4 cm³/mol. The highest BCUT2D eigenvalue weighted by Crippen LogP contribution is 2.26. The van der Waals surface area contributed by atoms with Gasteiger partial charge >= 0.3 is 0 Å². The molecule has 0 N–H and O–H groups in total. The molecule has 0 bridgehead atoms. The highest BCUT2D eigenvalue weighted by Gasteiger charge is 2.45. The summed E-state index contributed by atoms with van der Waals surface area (Å²) in [6.07, 6.45) is -0.373. The number of carbonyl (C=O) groups is 1. The van der Waals surface area contributed by atoms with Gasteiger partial charge in [0.1, 0.15) is 0 Å². The highest BCUT2D eigenvalue weighted by atomic mass is 32.2. The van der Waals surface area contributed by atoms with E-state index in [1.54, 1.807) is 11.0 Å². The number of hydrogen-bond acceptors (Lipinski definition) is 4. The molecule has 0 saturated carbocycles. The van der Waals surface area contributed by atoms with Gasteiger partial charge in [0.15, 0.2) is 9.84 Å². The number of fused-ring (bicyclic) bond motifs is 1. The molecule has 0 aliphatic carbocycles. The summed E-state index contributed by atoms with van der Waals surface area (Å²) in [6, 6.07) is 7.02. The predicted octanol–water partition coefficient (Wildman–Crippen LogP) is 0.633. The molecule has 2 aliphatic heterocycles. The fourth-order valence-corrected chi connectivity index (χ4v) is 4.78. The van der Waals surface area contributed by atoms with Gasteiger partial charge in [-0.15, -0.1) is 0 Å². The monoisotopic (exact) mass is 295 g/mol. The fraction of sp³-hybridized carbons (Fsp3) is 0.500. The molecular formula is C14H17NO4S. The van der Waals surface area contributed by atoms with E-state index in [1.807, 2.05) is 25.1 Å². The molecule has 2 fully saturated rings. The average Bonchev–Trinajstić information content (AvgIpc) is 2.71. The van der Waals surface area contributed by atoms with E-state index in [9.17, 15) is 13.2 Å². The van der Waals surface area contributed by atoms with Crippen molar-refractivity contribution < 1.29 is 17.9 Å². The normalized spacial score (nSPS) is 28.1. The third kappa shape index (κ3) is 2.45. The number of rotatable bonds is 1. The van der Waals surface area contributed by atoms with Gasteiger partial charge in [-0.3, -0.25) is 4.79 Å². The minimum absolute atomic E-state index is 0.00915. The van der Waals surface area contributed by atoms with Crippen LogP contribution in [0.5, 0.6) is 0 Å². The summed E-state index contributed by atoms with van der Waals surface area (Å²) in [5, 5.41) is 0. The van der Waals surface area contributed by atoms with Crippen molar-refractivity contribution in [1.29, 1.82) is 0 Å². The zero-order chi connectivity index (χ0) is 14.3. The second kappa shape index (κ2) is 4.86. The molecule has 3 rings (SSSR count). The molecule has 2 saturated heterocycles. The van der Waals surface area contributed by atoms with Crippen LogP contribution in [-0.4, -0.2) is 56.0 Å². The van der Waals surface area contributed by atoms with E-state index >= 15 is 0 Å². The van der Waals surface area contributed by atoms with E-state index in [4.69, 9.17) is 4.74 Å². The van der Waals surface area contributed by atoms with Gasteiger partial charge < -0.3 is 9.64 Å². The van der Waals surface area contributed by atoms with Gasteiger partial charge in [0.25, 0.3) is 5.91 Å². The number of benzene rings is 1. The molecule has 2 unspecified atom stereocenters. The van der Waals surface area contributed by atoms with E-state index < -0.39 is 9.84 Å². The lowest BCUT2D eigenvalue weighted by Gasteiger charge is -2.36. The average molecular weight is 295 g/mol. The van der Waals surface area contributed by atoms with Gasteiger partial charge in [0, 0.05) is 12.1 Å². The Morgan fingerprint density at radius 3 is 2.90 bits per heavy atom. The zero-order valence-corrected chi connectivity index (χ0v) is 12.1. The van der Waals surface area contributed by atoms with Gasteiger partial charge in [0.05, 0.1) is 30.3 Å². The Morgan fingerprint density at radius 1 is 1.35 bits per heavy atom. The summed E-state index contributed by atoms with van der Waals surface area (Å²) in [5.41, 5.74) is 1.62. The van der Waals surface area contributed by atoms with Gasteiger partial charge in [-0.2, -0.15) is 0 Å². The first-order valence-electron chi connectivity index (χ1n) is 6.66. The largest absolute Gasteiger partial charge is 0.373 e. The van der Waals surface area contributed by atoms with E-state index in [2.05, 4.69) is 0 Å². The number of morpholine rings is 1. The maximum atomic E-state index is 12.6. The summed E-state index contributed by atoms with van der Waals surface area (Å²) in [4.78, 5) is 14.2. The number of carbonyl (C=O) groups excluding carboxylic acids is 1. The van der Waals surface area contributed by atoms with E-state index in [1.165, 1.54) is 0 Å². The molecule has 1 amide bonds. The fourth-order valence-electron chi connectivity index (χ4n) is 2.91. The Morgan fingerprint density at radius 2 is 2.15 bits per heavy atom. The van der Waals surface area contributed by atoms with E-state index in [0.29, 0.717) is 18.7 Å². The molecule has 1 aromatic rings. The molecule has 5 nitrogen and oxygen atoms in total. The van der Waals surface area contributed by atoms with E-state index in [0.717, 1.165) is 5.56 Å². The second-order valence-electron chi connectivity index (χ2n) is 5.42. The number of sulfone groups is 1. The molecule has 1 aromatic carbocycles. The summed E-state index contributed by atoms with van der Waals surface area (Å²) in [7, 11) is -3.10. The summed E-state index contributed by atoms with van der Waals surface area (Å²) < 4.78 is 29.0. The first-order chi connectivity index (χ1) is 9.46. The molecule has 20 heavy (non-hydrogen) atoms. The van der Waals surface area contributed by atoms with Crippen LogP contribution in [0.2, 0.25) is 0 Å². The Hall–Kier alpha value is -1.40. The second-order valence-corrected chi connectivity index (χ2v) is 7.58. The van der Waals surface area contributed by atoms with E-state index in [-0.39, 0.29) is 29.6 Å². The first-order valence-corrected chi connectivity index (χ1v) is 8.48. The van der Waals surface area contributed by atoms with Crippen molar-refractivity contribution in [2.45, 2.75) is 19.1 Å². The molecular weight excluding hydrogens is 278 g/mol. The Bertz CT molecular complexity index is 640. The standard InChI is InChI=1S/C14H17NO4S/c1-10-3-2-4-11(7-10)14(16)15-5-6-19-13-9-20(17,18)8-12(13)15/h2-4,7,12-13H,5-6,8-9H2,1H3. The molecule has 2 heterocycles. The molecule has 2 aliphatic rings. The number of hydrogen-bond donors (Lipinski definition) is 0. The van der Waals surface area contributed by atoms with Gasteiger partial charge in [-0.1, -0.05) is 17.7 Å². The lowest BCUT2D eigenvalue weighted by atomic mass is 10.1. The Balaban J connectivity index is 1.88. The molecule has 6 heteroatoms. The van der Waals surface area contributed by atoms with Crippen LogP contribution in [0, 0.1) is 6.92 Å². The summed E-state index contributed by atoms with van der Waals surface area (Å²) >= 11 is 0. The zero-order valence-electron chi connectivity index (χ0n) is 11.3. The molecule has 0 aromatic heterocycles. The van der Waals surface area contributed by atoms with Crippen LogP contribution in [0.25, 0.3) is 0 Å². The number of amides is 1. The highest BCUT2D eigenvalue weighted by molar-refractivity contribution is 7.91. The number of nitrogens with zero attached hydrogens (tertiary/aromatic N) is 1. The molecule has 108 valence electrons. The number of aryl methyl sites for hydroxylation is 1. The third-order valence-corrected chi connectivity index (χ3v) is 5.55. The van der Waals surface area contributed by atoms with Crippen molar-refractivity contribution >= 4 is 15.7 Å². The van der Waals surface area contributed by atoms with Gasteiger partial charge in [0.2, 0.25) is 0 Å². The van der Waals surface area contributed by atoms with Crippen LogP contribution in [-0.2, 0) is 14.6 Å². The Labute approximate surface area is 118 Å². The number of ether oxygens (including phenoxy) is 1. The van der Waals surface area contributed by atoms with Gasteiger partial charge in [-0.25, -0.2) is 8.42 Å². The molecule has 2 atom stereocenters. The van der Waals surface area contributed by atoms with Crippen LogP contribution in [0.15, 0.2) is 24.3 Å². The van der Waals surface area contributed by atoms with Crippen LogP contribution in [0.3, 0.4) is 0 Å². The Kier molecular flexibility index (Phi) is 3.30. The van der Waals surface area contributed by atoms with Crippen LogP contribution in [0.1, 0.15) is 15.9 Å². The molecule has 0 radical (unpaired) electrons. The van der Waals surface area contributed by atoms with Crippen molar-refractivity contribution in [2.24, 2.45) is 0 Å². The van der Waals surface area contributed by atoms with Crippen molar-refractivity contribution in [3.8, 4) is 0 Å². The minimum atomic E-state index is -3.10. The van der Waals surface area contributed by atoms with Crippen LogP contribution < -0.4 is 0 Å².